The molecular weight excluding hydrogens is 440 g/mol. The van der Waals surface area contributed by atoms with Crippen molar-refractivity contribution in [3.8, 4) is 11.3 Å². The van der Waals surface area contributed by atoms with Gasteiger partial charge in [-0.05, 0) is 48.6 Å². The molecule has 1 heterocycles. The molecule has 0 atom stereocenters. The number of nitrogens with one attached hydrogen (secondary N) is 1. The Morgan fingerprint density at radius 3 is 2.56 bits per heavy atom. The summed E-state index contributed by atoms with van der Waals surface area (Å²) < 4.78 is 3.88. The first-order chi connectivity index (χ1) is 15.6. The van der Waals surface area contributed by atoms with Gasteiger partial charge in [-0.1, -0.05) is 48.0 Å². The molecule has 1 aliphatic rings. The first-order valence-corrected chi connectivity index (χ1v) is 12.6. The van der Waals surface area contributed by atoms with Crippen LogP contribution < -0.4 is 5.32 Å². The highest BCUT2D eigenvalue weighted by molar-refractivity contribution is 8.00. The number of hydrogen-bond acceptors (Lipinski definition) is 6. The van der Waals surface area contributed by atoms with Gasteiger partial charge in [0.25, 0.3) is 5.91 Å². The van der Waals surface area contributed by atoms with E-state index in [0.29, 0.717) is 23.0 Å². The summed E-state index contributed by atoms with van der Waals surface area (Å²) in [5, 5.41) is 8.90. The fraction of sp³-hybridized carbons (Fsp3) is 0.333. The van der Waals surface area contributed by atoms with Gasteiger partial charge in [0.1, 0.15) is 5.69 Å². The molecule has 2 aromatic carbocycles. The van der Waals surface area contributed by atoms with E-state index in [1.165, 1.54) is 42.6 Å². The van der Waals surface area contributed by atoms with Crippen LogP contribution in [0, 0.1) is 0 Å². The van der Waals surface area contributed by atoms with Crippen molar-refractivity contribution >= 4 is 40.8 Å². The maximum Gasteiger partial charge on any atom is 0.256 e. The SMILES string of the molecule is CN(C(=O)CSc1ccccc1C(=O)Nc1ccc(-c2csnn2)cc1)C1CCCCC1. The first-order valence-electron chi connectivity index (χ1n) is 10.8. The summed E-state index contributed by atoms with van der Waals surface area (Å²) in [6.45, 7) is 0. The lowest BCUT2D eigenvalue weighted by molar-refractivity contribution is -0.129. The Morgan fingerprint density at radius 2 is 1.84 bits per heavy atom. The average molecular weight is 467 g/mol. The molecule has 1 N–H and O–H groups in total. The third-order valence-corrected chi connectivity index (χ3v) is 7.36. The third kappa shape index (κ3) is 5.55. The van der Waals surface area contributed by atoms with Crippen LogP contribution in [0.1, 0.15) is 42.5 Å². The minimum Gasteiger partial charge on any atom is -0.342 e. The van der Waals surface area contributed by atoms with Crippen LogP contribution in [0.15, 0.2) is 58.8 Å². The molecule has 0 aliphatic heterocycles. The molecule has 8 heteroatoms. The molecule has 0 saturated heterocycles. The summed E-state index contributed by atoms with van der Waals surface area (Å²) >= 11 is 2.73. The molecular formula is C24H26N4O2S2. The number of rotatable bonds is 7. The quantitative estimate of drug-likeness (QED) is 0.476. The second-order valence-corrected chi connectivity index (χ2v) is 9.53. The van der Waals surface area contributed by atoms with Gasteiger partial charge >= 0.3 is 0 Å². The molecule has 1 aliphatic carbocycles. The van der Waals surface area contributed by atoms with Crippen LogP contribution in [0.25, 0.3) is 11.3 Å². The number of benzene rings is 2. The van der Waals surface area contributed by atoms with Crippen LogP contribution in [0.4, 0.5) is 5.69 Å². The first kappa shape index (κ1) is 22.5. The fourth-order valence-corrected chi connectivity index (χ4v) is 5.35. The number of aromatic nitrogens is 2. The number of carbonyl (C=O) groups is 2. The minimum absolute atomic E-state index is 0.115. The molecule has 4 rings (SSSR count). The zero-order valence-corrected chi connectivity index (χ0v) is 19.6. The Labute approximate surface area is 196 Å². The second-order valence-electron chi connectivity index (χ2n) is 7.90. The zero-order chi connectivity index (χ0) is 22.3. The number of nitrogens with zero attached hydrogens (tertiary/aromatic N) is 3. The van der Waals surface area contributed by atoms with Crippen LogP contribution in [-0.4, -0.2) is 45.1 Å². The molecule has 1 aromatic heterocycles. The number of amides is 2. The van der Waals surface area contributed by atoms with E-state index in [1.807, 2.05) is 59.8 Å². The van der Waals surface area contributed by atoms with Gasteiger partial charge in [0, 0.05) is 34.6 Å². The largest absolute Gasteiger partial charge is 0.342 e. The topological polar surface area (TPSA) is 75.2 Å². The molecule has 0 bridgehead atoms. The van der Waals surface area contributed by atoms with E-state index in [2.05, 4.69) is 14.9 Å². The summed E-state index contributed by atoms with van der Waals surface area (Å²) in [4.78, 5) is 28.3. The monoisotopic (exact) mass is 466 g/mol. The van der Waals surface area contributed by atoms with Crippen molar-refractivity contribution < 1.29 is 9.59 Å². The van der Waals surface area contributed by atoms with Crippen molar-refractivity contribution in [2.75, 3.05) is 18.1 Å². The van der Waals surface area contributed by atoms with Gasteiger partial charge in [0.2, 0.25) is 5.91 Å². The predicted molar refractivity (Wildman–Crippen MR) is 130 cm³/mol. The van der Waals surface area contributed by atoms with Crippen LogP contribution >= 0.6 is 23.3 Å². The minimum atomic E-state index is -0.191. The maximum absolute atomic E-state index is 12.9. The fourth-order valence-electron chi connectivity index (χ4n) is 3.91. The Balaban J connectivity index is 1.38. The Morgan fingerprint density at radius 1 is 1.09 bits per heavy atom. The van der Waals surface area contributed by atoms with E-state index in [-0.39, 0.29) is 11.8 Å². The van der Waals surface area contributed by atoms with Crippen LogP contribution in [0.5, 0.6) is 0 Å². The van der Waals surface area contributed by atoms with Crippen LogP contribution in [0.2, 0.25) is 0 Å². The van der Waals surface area contributed by atoms with Crippen LogP contribution in [0.3, 0.4) is 0 Å². The molecule has 166 valence electrons. The summed E-state index contributed by atoms with van der Waals surface area (Å²) in [6, 6.07) is 15.3. The van der Waals surface area contributed by atoms with Gasteiger partial charge in [-0.15, -0.1) is 16.9 Å². The van der Waals surface area contributed by atoms with E-state index in [0.717, 1.165) is 29.0 Å². The molecule has 0 radical (unpaired) electrons. The second kappa shape index (κ2) is 10.7. The van der Waals surface area contributed by atoms with Crippen molar-refractivity contribution in [1.29, 1.82) is 0 Å². The third-order valence-electron chi connectivity index (χ3n) is 5.80. The number of thioether (sulfide) groups is 1. The molecule has 2 amide bonds. The molecule has 1 fully saturated rings. The molecule has 6 nitrogen and oxygen atoms in total. The highest BCUT2D eigenvalue weighted by Crippen LogP contribution is 2.27. The van der Waals surface area contributed by atoms with E-state index < -0.39 is 0 Å². The van der Waals surface area contributed by atoms with E-state index >= 15 is 0 Å². The van der Waals surface area contributed by atoms with Crippen LogP contribution in [-0.2, 0) is 4.79 Å². The Bertz CT molecular complexity index is 1050. The Kier molecular flexibility index (Phi) is 7.55. The van der Waals surface area contributed by atoms with Gasteiger partial charge < -0.3 is 10.2 Å². The number of anilines is 1. The molecule has 0 spiro atoms. The van der Waals surface area contributed by atoms with Crippen molar-refractivity contribution in [3.05, 3.63) is 59.5 Å². The highest BCUT2D eigenvalue weighted by Gasteiger charge is 2.22. The Hall–Kier alpha value is -2.71. The summed E-state index contributed by atoms with van der Waals surface area (Å²) in [5.74, 6) is 0.252. The molecule has 32 heavy (non-hydrogen) atoms. The van der Waals surface area contributed by atoms with Gasteiger partial charge in [-0.2, -0.15) is 0 Å². The summed E-state index contributed by atoms with van der Waals surface area (Å²) in [5.41, 5.74) is 3.04. The summed E-state index contributed by atoms with van der Waals surface area (Å²) in [7, 11) is 1.91. The lowest BCUT2D eigenvalue weighted by atomic mass is 9.94. The van der Waals surface area contributed by atoms with Gasteiger partial charge in [0.15, 0.2) is 0 Å². The van der Waals surface area contributed by atoms with Gasteiger partial charge in [-0.25, -0.2) is 0 Å². The predicted octanol–water partition coefficient (Wildman–Crippen LogP) is 5.34. The molecule has 3 aromatic rings. The van der Waals surface area contributed by atoms with Gasteiger partial charge in [-0.3, -0.25) is 9.59 Å². The van der Waals surface area contributed by atoms with Crippen molar-refractivity contribution in [3.63, 3.8) is 0 Å². The highest BCUT2D eigenvalue weighted by atomic mass is 32.2. The van der Waals surface area contributed by atoms with E-state index in [9.17, 15) is 9.59 Å². The normalized spacial score (nSPS) is 14.2. The van der Waals surface area contributed by atoms with Crippen molar-refractivity contribution in [2.24, 2.45) is 0 Å². The van der Waals surface area contributed by atoms with Crippen molar-refractivity contribution in [1.82, 2.24) is 14.5 Å². The smallest absolute Gasteiger partial charge is 0.256 e. The summed E-state index contributed by atoms with van der Waals surface area (Å²) in [6.07, 6.45) is 5.83. The van der Waals surface area contributed by atoms with E-state index in [1.54, 1.807) is 6.07 Å². The van der Waals surface area contributed by atoms with Crippen molar-refractivity contribution in [2.45, 2.75) is 43.0 Å². The molecule has 0 unspecified atom stereocenters. The number of carbonyl (C=O) groups excluding carboxylic acids is 2. The lowest BCUT2D eigenvalue weighted by Crippen LogP contribution is -2.39. The standard InChI is InChI=1S/C24H26N4O2S2/c1-28(19-7-3-2-4-8-19)23(29)16-31-22-10-6-5-9-20(22)24(30)25-18-13-11-17(12-14-18)21-15-32-27-26-21/h5-6,9-15,19H,2-4,7-8,16H2,1H3,(H,25,30). The van der Waals surface area contributed by atoms with Gasteiger partial charge in [0.05, 0.1) is 11.3 Å². The lowest BCUT2D eigenvalue weighted by Gasteiger charge is -2.31. The average Bonchev–Trinajstić information content (AvgIpc) is 3.38. The molecule has 1 saturated carbocycles. The van der Waals surface area contributed by atoms with E-state index in [4.69, 9.17) is 0 Å². The number of hydrogen-bond donors (Lipinski definition) is 1. The zero-order valence-electron chi connectivity index (χ0n) is 18.0. The maximum atomic E-state index is 12.9.